The Balaban J connectivity index is 1.54. The first-order valence-electron chi connectivity index (χ1n) is 8.77. The highest BCUT2D eigenvalue weighted by molar-refractivity contribution is 7.20. The molecule has 0 saturated heterocycles. The fourth-order valence-corrected chi connectivity index (χ4v) is 4.18. The predicted molar refractivity (Wildman–Crippen MR) is 114 cm³/mol. The topological polar surface area (TPSA) is 96.0 Å². The van der Waals surface area contributed by atoms with Crippen molar-refractivity contribution in [1.29, 1.82) is 0 Å². The smallest absolute Gasteiger partial charge is 0.325 e. The van der Waals surface area contributed by atoms with Gasteiger partial charge in [-0.05, 0) is 23.6 Å². The Labute approximate surface area is 181 Å². The van der Waals surface area contributed by atoms with Gasteiger partial charge in [0.2, 0.25) is 5.75 Å². The predicted octanol–water partition coefficient (Wildman–Crippen LogP) is 3.37. The summed E-state index contributed by atoms with van der Waals surface area (Å²) in [6.45, 7) is -0.238. The summed E-state index contributed by atoms with van der Waals surface area (Å²) in [4.78, 5) is 29.9. The summed E-state index contributed by atoms with van der Waals surface area (Å²) >= 11 is 3.09. The van der Waals surface area contributed by atoms with Crippen molar-refractivity contribution in [2.75, 3.05) is 27.9 Å². The molecule has 0 aliphatic carbocycles. The second-order valence-corrected chi connectivity index (χ2v) is 7.68. The van der Waals surface area contributed by atoms with Gasteiger partial charge in [0.25, 0.3) is 5.91 Å². The highest BCUT2D eigenvalue weighted by Gasteiger charge is 2.18. The molecule has 8 nitrogen and oxygen atoms in total. The number of esters is 1. The number of carbonyl (C=O) groups excluding carboxylic acids is 2. The number of ether oxygens (including phenoxy) is 4. The fraction of sp³-hybridized carbons (Fsp3) is 0.250. The van der Waals surface area contributed by atoms with Gasteiger partial charge in [-0.2, -0.15) is 0 Å². The molecule has 3 rings (SSSR count). The van der Waals surface area contributed by atoms with Gasteiger partial charge in [0.15, 0.2) is 11.5 Å². The molecule has 10 heteroatoms. The van der Waals surface area contributed by atoms with Crippen molar-refractivity contribution in [3.05, 3.63) is 46.3 Å². The molecule has 0 spiro atoms. The molecule has 1 aromatic carbocycles. The number of benzene rings is 1. The maximum absolute atomic E-state index is 12.4. The van der Waals surface area contributed by atoms with E-state index in [0.29, 0.717) is 22.9 Å². The van der Waals surface area contributed by atoms with Crippen LogP contribution >= 0.6 is 22.7 Å². The standard InChI is InChI=1S/C20H20N2O6S2/c1-25-14-7-12(8-15(26-2)18(14)27-3)19(24)21-9-17(23)28-10-13-11-30-20(22-13)16-5-4-6-29-16/h4-8,11H,9-10H2,1-3H3,(H,21,24). The summed E-state index contributed by atoms with van der Waals surface area (Å²) < 4.78 is 20.9. The maximum Gasteiger partial charge on any atom is 0.325 e. The number of nitrogens with zero attached hydrogens (tertiary/aromatic N) is 1. The van der Waals surface area contributed by atoms with Crippen LogP contribution in [0.3, 0.4) is 0 Å². The van der Waals surface area contributed by atoms with Gasteiger partial charge in [0.1, 0.15) is 18.2 Å². The van der Waals surface area contributed by atoms with Gasteiger partial charge < -0.3 is 24.3 Å². The quantitative estimate of drug-likeness (QED) is 0.502. The number of aromatic nitrogens is 1. The molecule has 0 radical (unpaired) electrons. The third-order valence-electron chi connectivity index (χ3n) is 3.98. The van der Waals surface area contributed by atoms with E-state index >= 15 is 0 Å². The van der Waals surface area contributed by atoms with Crippen molar-refractivity contribution in [3.8, 4) is 27.1 Å². The first kappa shape index (κ1) is 21.6. The number of thiophene rings is 1. The number of thiazole rings is 1. The van der Waals surface area contributed by atoms with Crippen LogP contribution in [0.2, 0.25) is 0 Å². The van der Waals surface area contributed by atoms with Crippen molar-refractivity contribution in [3.63, 3.8) is 0 Å². The Morgan fingerprint density at radius 2 is 1.80 bits per heavy atom. The number of carbonyl (C=O) groups is 2. The number of amides is 1. The largest absolute Gasteiger partial charge is 0.493 e. The molecule has 1 N–H and O–H groups in total. The second-order valence-electron chi connectivity index (χ2n) is 5.88. The molecule has 2 heterocycles. The number of methoxy groups -OCH3 is 3. The Morgan fingerprint density at radius 1 is 1.07 bits per heavy atom. The van der Waals surface area contributed by atoms with Crippen molar-refractivity contribution >= 4 is 34.6 Å². The Hall–Kier alpha value is -3.11. The number of nitrogens with one attached hydrogen (secondary N) is 1. The average molecular weight is 449 g/mol. The lowest BCUT2D eigenvalue weighted by Crippen LogP contribution is -2.30. The molecule has 0 atom stereocenters. The Bertz CT molecular complexity index is 991. The van der Waals surface area contributed by atoms with E-state index in [4.69, 9.17) is 18.9 Å². The SMILES string of the molecule is COc1cc(C(=O)NCC(=O)OCc2csc(-c3cccs3)n2)cc(OC)c1OC. The summed E-state index contributed by atoms with van der Waals surface area (Å²) in [5.74, 6) is 0.0201. The molecule has 0 saturated carbocycles. The van der Waals surface area contributed by atoms with Crippen molar-refractivity contribution < 1.29 is 28.5 Å². The monoisotopic (exact) mass is 448 g/mol. The third-order valence-corrected chi connectivity index (χ3v) is 5.92. The van der Waals surface area contributed by atoms with Crippen molar-refractivity contribution in [2.45, 2.75) is 6.61 Å². The number of hydrogen-bond acceptors (Lipinski definition) is 9. The molecule has 0 bridgehead atoms. The molecule has 3 aromatic rings. The summed E-state index contributed by atoms with van der Waals surface area (Å²) in [5.41, 5.74) is 0.921. The molecular weight excluding hydrogens is 428 g/mol. The van der Waals surface area contributed by atoms with E-state index in [1.165, 1.54) is 44.8 Å². The number of rotatable bonds is 9. The van der Waals surface area contributed by atoms with Gasteiger partial charge in [0.05, 0.1) is 31.9 Å². The first-order chi connectivity index (χ1) is 14.5. The number of hydrogen-bond donors (Lipinski definition) is 1. The maximum atomic E-state index is 12.4. The van der Waals surface area contributed by atoms with E-state index in [1.54, 1.807) is 11.3 Å². The molecule has 2 aromatic heterocycles. The highest BCUT2D eigenvalue weighted by atomic mass is 32.1. The summed E-state index contributed by atoms with van der Waals surface area (Å²) in [6, 6.07) is 6.95. The summed E-state index contributed by atoms with van der Waals surface area (Å²) in [6.07, 6.45) is 0. The van der Waals surface area contributed by atoms with Gasteiger partial charge in [0, 0.05) is 10.9 Å². The lowest BCUT2D eigenvalue weighted by molar-refractivity contribution is -0.143. The zero-order chi connectivity index (χ0) is 21.5. The Kier molecular flexibility index (Phi) is 7.26. The van der Waals surface area contributed by atoms with E-state index in [0.717, 1.165) is 9.88 Å². The van der Waals surface area contributed by atoms with Crippen molar-refractivity contribution in [1.82, 2.24) is 10.3 Å². The van der Waals surface area contributed by atoms with E-state index in [9.17, 15) is 9.59 Å². The van der Waals surface area contributed by atoms with Gasteiger partial charge in [-0.25, -0.2) is 4.98 Å². The van der Waals surface area contributed by atoms with Crippen LogP contribution < -0.4 is 19.5 Å². The lowest BCUT2D eigenvalue weighted by atomic mass is 10.1. The molecule has 30 heavy (non-hydrogen) atoms. The second kappa shape index (κ2) is 10.1. The molecule has 158 valence electrons. The zero-order valence-corrected chi connectivity index (χ0v) is 18.2. The van der Waals surface area contributed by atoms with E-state index in [1.807, 2.05) is 22.9 Å². The van der Waals surface area contributed by atoms with Crippen LogP contribution in [-0.4, -0.2) is 44.7 Å². The van der Waals surface area contributed by atoms with Crippen LogP contribution in [0.25, 0.3) is 9.88 Å². The van der Waals surface area contributed by atoms with Crippen LogP contribution in [0.15, 0.2) is 35.0 Å². The fourth-order valence-electron chi connectivity index (χ4n) is 2.56. The van der Waals surface area contributed by atoms with Gasteiger partial charge in [-0.3, -0.25) is 9.59 Å². The van der Waals surface area contributed by atoms with Gasteiger partial charge in [-0.15, -0.1) is 22.7 Å². The molecule has 0 aliphatic rings. The van der Waals surface area contributed by atoms with Crippen LogP contribution in [0.1, 0.15) is 16.1 Å². The van der Waals surface area contributed by atoms with Gasteiger partial charge in [-0.1, -0.05) is 6.07 Å². The summed E-state index contributed by atoms with van der Waals surface area (Å²) in [7, 11) is 4.39. The van der Waals surface area contributed by atoms with Crippen LogP contribution in [0.4, 0.5) is 0 Å². The Morgan fingerprint density at radius 3 is 2.40 bits per heavy atom. The first-order valence-corrected chi connectivity index (χ1v) is 10.5. The van der Waals surface area contributed by atoms with Crippen LogP contribution in [0.5, 0.6) is 17.2 Å². The molecule has 1 amide bonds. The minimum atomic E-state index is -0.568. The molecule has 0 aliphatic heterocycles. The van der Waals surface area contributed by atoms with Gasteiger partial charge >= 0.3 is 5.97 Å². The average Bonchev–Trinajstić information content (AvgIpc) is 3.46. The minimum Gasteiger partial charge on any atom is -0.493 e. The van der Waals surface area contributed by atoms with Crippen molar-refractivity contribution in [2.24, 2.45) is 0 Å². The van der Waals surface area contributed by atoms with E-state index in [2.05, 4.69) is 10.3 Å². The zero-order valence-electron chi connectivity index (χ0n) is 16.6. The molecular formula is C20H20N2O6S2. The lowest BCUT2D eigenvalue weighted by Gasteiger charge is -2.14. The van der Waals surface area contributed by atoms with Crippen LogP contribution in [0, 0.1) is 0 Å². The third kappa shape index (κ3) is 5.08. The molecule has 0 fully saturated rings. The normalized spacial score (nSPS) is 10.4. The summed E-state index contributed by atoms with van der Waals surface area (Å²) in [5, 5.41) is 7.23. The highest BCUT2D eigenvalue weighted by Crippen LogP contribution is 2.38. The minimum absolute atomic E-state index is 0.0424. The van der Waals surface area contributed by atoms with E-state index in [-0.39, 0.29) is 18.7 Å². The van der Waals surface area contributed by atoms with E-state index < -0.39 is 11.9 Å². The molecule has 0 unspecified atom stereocenters. The van der Waals surface area contributed by atoms with Crippen LogP contribution in [-0.2, 0) is 16.1 Å².